The molecule has 0 atom stereocenters. The molecule has 4 aromatic rings. The first kappa shape index (κ1) is 18.0. The Morgan fingerprint density at radius 2 is 1.86 bits per heavy atom. The molecule has 2 heterocycles. The summed E-state index contributed by atoms with van der Waals surface area (Å²) < 4.78 is 5.37. The molecule has 0 bridgehead atoms. The van der Waals surface area contributed by atoms with Crippen molar-refractivity contribution in [2.45, 2.75) is 34.2 Å². The second kappa shape index (κ2) is 7.00. The van der Waals surface area contributed by atoms with E-state index in [-0.39, 0.29) is 5.91 Å². The van der Waals surface area contributed by atoms with E-state index in [1.165, 1.54) is 10.9 Å². The van der Waals surface area contributed by atoms with Gasteiger partial charge in [0, 0.05) is 24.5 Å². The standard InChI is InChI=1S/C23H23N3O2/c1-13-10-18(12-24-23(27)21-15(3)28-16(4)25-21)22-19(11-13)14(2)20(26-22)17-8-6-5-7-9-17/h5-11,26H,12H2,1-4H3,(H,24,27). The first-order valence-electron chi connectivity index (χ1n) is 9.33. The zero-order valence-electron chi connectivity index (χ0n) is 16.5. The van der Waals surface area contributed by atoms with Crippen LogP contribution < -0.4 is 5.32 Å². The molecule has 142 valence electrons. The Balaban J connectivity index is 1.69. The van der Waals surface area contributed by atoms with Crippen molar-refractivity contribution in [3.8, 4) is 11.3 Å². The summed E-state index contributed by atoms with van der Waals surface area (Å²) in [6.07, 6.45) is 0. The topological polar surface area (TPSA) is 70.9 Å². The highest BCUT2D eigenvalue weighted by molar-refractivity contribution is 5.95. The maximum atomic E-state index is 12.5. The number of carbonyl (C=O) groups excluding carboxylic acids is 1. The summed E-state index contributed by atoms with van der Waals surface area (Å²) >= 11 is 0. The van der Waals surface area contributed by atoms with Gasteiger partial charge in [0.2, 0.25) is 0 Å². The van der Waals surface area contributed by atoms with Crippen LogP contribution in [0, 0.1) is 27.7 Å². The second-order valence-electron chi connectivity index (χ2n) is 7.16. The molecule has 0 unspecified atom stereocenters. The Kier molecular flexibility index (Phi) is 4.51. The molecule has 0 aliphatic rings. The van der Waals surface area contributed by atoms with Crippen molar-refractivity contribution in [3.05, 3.63) is 76.5 Å². The molecule has 2 N–H and O–H groups in total. The second-order valence-corrected chi connectivity index (χ2v) is 7.16. The van der Waals surface area contributed by atoms with Gasteiger partial charge in [-0.15, -0.1) is 0 Å². The van der Waals surface area contributed by atoms with Gasteiger partial charge in [-0.2, -0.15) is 0 Å². The van der Waals surface area contributed by atoms with Gasteiger partial charge < -0.3 is 14.7 Å². The van der Waals surface area contributed by atoms with Gasteiger partial charge in [-0.05, 0) is 43.5 Å². The molecule has 0 aliphatic heterocycles. The maximum Gasteiger partial charge on any atom is 0.273 e. The SMILES string of the molecule is Cc1cc(CNC(=O)c2nc(C)oc2C)c2[nH]c(-c3ccccc3)c(C)c2c1. The number of amides is 1. The number of oxazole rings is 1. The van der Waals surface area contributed by atoms with Crippen LogP contribution in [-0.4, -0.2) is 15.9 Å². The van der Waals surface area contributed by atoms with Gasteiger partial charge in [0.25, 0.3) is 5.91 Å². The molecular formula is C23H23N3O2. The van der Waals surface area contributed by atoms with E-state index in [9.17, 15) is 4.79 Å². The number of nitrogens with one attached hydrogen (secondary N) is 2. The lowest BCUT2D eigenvalue weighted by atomic mass is 10.0. The van der Waals surface area contributed by atoms with Crippen LogP contribution in [-0.2, 0) is 6.54 Å². The molecule has 0 spiro atoms. The summed E-state index contributed by atoms with van der Waals surface area (Å²) in [5.41, 5.74) is 7.07. The third kappa shape index (κ3) is 3.20. The summed E-state index contributed by atoms with van der Waals surface area (Å²) in [7, 11) is 0. The predicted molar refractivity (Wildman–Crippen MR) is 110 cm³/mol. The van der Waals surface area contributed by atoms with Gasteiger partial charge in [-0.25, -0.2) is 4.98 Å². The highest BCUT2D eigenvalue weighted by Gasteiger charge is 2.17. The third-order valence-corrected chi connectivity index (χ3v) is 5.01. The Bertz CT molecular complexity index is 1170. The lowest BCUT2D eigenvalue weighted by Gasteiger charge is -2.07. The van der Waals surface area contributed by atoms with Crippen LogP contribution in [0.4, 0.5) is 0 Å². The Morgan fingerprint density at radius 1 is 1.11 bits per heavy atom. The first-order valence-corrected chi connectivity index (χ1v) is 9.33. The lowest BCUT2D eigenvalue weighted by Crippen LogP contribution is -2.24. The number of rotatable bonds is 4. The van der Waals surface area contributed by atoms with Crippen molar-refractivity contribution >= 4 is 16.8 Å². The number of hydrogen-bond donors (Lipinski definition) is 2. The lowest BCUT2D eigenvalue weighted by molar-refractivity contribution is 0.0945. The van der Waals surface area contributed by atoms with Crippen molar-refractivity contribution in [3.63, 3.8) is 0 Å². The summed E-state index contributed by atoms with van der Waals surface area (Å²) in [5.74, 6) is 0.801. The minimum atomic E-state index is -0.226. The van der Waals surface area contributed by atoms with Gasteiger partial charge in [-0.3, -0.25) is 4.79 Å². The number of aryl methyl sites for hydroxylation is 4. The van der Waals surface area contributed by atoms with Crippen LogP contribution in [0.15, 0.2) is 46.9 Å². The molecule has 2 aromatic heterocycles. The van der Waals surface area contributed by atoms with E-state index in [1.54, 1.807) is 13.8 Å². The van der Waals surface area contributed by atoms with Gasteiger partial charge in [0.15, 0.2) is 11.6 Å². The molecule has 5 nitrogen and oxygen atoms in total. The van der Waals surface area contributed by atoms with E-state index in [2.05, 4.69) is 53.4 Å². The van der Waals surface area contributed by atoms with Crippen LogP contribution in [0.1, 0.15) is 38.8 Å². The number of nitrogens with zero attached hydrogens (tertiary/aromatic N) is 1. The van der Waals surface area contributed by atoms with Crippen molar-refractivity contribution < 1.29 is 9.21 Å². The van der Waals surface area contributed by atoms with Crippen LogP contribution in [0.5, 0.6) is 0 Å². The van der Waals surface area contributed by atoms with Crippen LogP contribution in [0.2, 0.25) is 0 Å². The molecule has 0 saturated heterocycles. The van der Waals surface area contributed by atoms with E-state index in [0.717, 1.165) is 27.9 Å². The summed E-state index contributed by atoms with van der Waals surface area (Å²) in [5, 5.41) is 4.15. The molecule has 0 fully saturated rings. The molecule has 28 heavy (non-hydrogen) atoms. The summed E-state index contributed by atoms with van der Waals surface area (Å²) in [4.78, 5) is 20.3. The Hall–Kier alpha value is -3.34. The zero-order valence-corrected chi connectivity index (χ0v) is 16.5. The molecule has 0 saturated carbocycles. The van der Waals surface area contributed by atoms with Gasteiger partial charge in [-0.1, -0.05) is 42.0 Å². The average molecular weight is 373 g/mol. The van der Waals surface area contributed by atoms with E-state index >= 15 is 0 Å². The van der Waals surface area contributed by atoms with Crippen LogP contribution >= 0.6 is 0 Å². The Labute approximate surface area is 163 Å². The summed E-state index contributed by atoms with van der Waals surface area (Å²) in [6, 6.07) is 14.6. The molecule has 0 aliphatic carbocycles. The molecule has 5 heteroatoms. The third-order valence-electron chi connectivity index (χ3n) is 5.01. The summed E-state index contributed by atoms with van der Waals surface area (Å²) in [6.45, 7) is 8.10. The number of aromatic amines is 1. The molecular weight excluding hydrogens is 350 g/mol. The largest absolute Gasteiger partial charge is 0.445 e. The minimum absolute atomic E-state index is 0.226. The number of benzene rings is 2. The fraction of sp³-hybridized carbons (Fsp3) is 0.217. The van der Waals surface area contributed by atoms with Crippen molar-refractivity contribution in [2.75, 3.05) is 0 Å². The minimum Gasteiger partial charge on any atom is -0.445 e. The average Bonchev–Trinajstić information content (AvgIpc) is 3.19. The van der Waals surface area contributed by atoms with E-state index in [4.69, 9.17) is 4.42 Å². The predicted octanol–water partition coefficient (Wildman–Crippen LogP) is 4.99. The molecule has 4 rings (SSSR count). The maximum absolute atomic E-state index is 12.5. The Morgan fingerprint density at radius 3 is 2.54 bits per heavy atom. The molecule has 0 radical (unpaired) electrons. The monoisotopic (exact) mass is 373 g/mol. The quantitative estimate of drug-likeness (QED) is 0.529. The van der Waals surface area contributed by atoms with Gasteiger partial charge >= 0.3 is 0 Å². The number of hydrogen-bond acceptors (Lipinski definition) is 3. The van der Waals surface area contributed by atoms with Gasteiger partial charge in [0.1, 0.15) is 5.76 Å². The molecule has 2 aromatic carbocycles. The highest BCUT2D eigenvalue weighted by atomic mass is 16.4. The van der Waals surface area contributed by atoms with Crippen LogP contribution in [0.3, 0.4) is 0 Å². The smallest absolute Gasteiger partial charge is 0.273 e. The van der Waals surface area contributed by atoms with Crippen LogP contribution in [0.25, 0.3) is 22.2 Å². The number of H-pyrrole nitrogens is 1. The zero-order chi connectivity index (χ0) is 19.8. The molecule has 1 amide bonds. The van der Waals surface area contributed by atoms with Crippen molar-refractivity contribution in [1.29, 1.82) is 0 Å². The number of aromatic nitrogens is 2. The fourth-order valence-corrected chi connectivity index (χ4v) is 3.69. The fourth-order valence-electron chi connectivity index (χ4n) is 3.69. The number of fused-ring (bicyclic) bond motifs is 1. The van der Waals surface area contributed by atoms with Gasteiger partial charge in [0.05, 0.1) is 5.52 Å². The van der Waals surface area contributed by atoms with Crippen molar-refractivity contribution in [2.24, 2.45) is 0 Å². The van der Waals surface area contributed by atoms with E-state index in [0.29, 0.717) is 23.9 Å². The van der Waals surface area contributed by atoms with Crippen molar-refractivity contribution in [1.82, 2.24) is 15.3 Å². The first-order chi connectivity index (χ1) is 13.4. The normalized spacial score (nSPS) is 11.1. The van der Waals surface area contributed by atoms with E-state index < -0.39 is 0 Å². The highest BCUT2D eigenvalue weighted by Crippen LogP contribution is 2.32. The number of carbonyl (C=O) groups is 1. The van der Waals surface area contributed by atoms with E-state index in [1.807, 2.05) is 18.2 Å².